The minimum absolute atomic E-state index is 0.0934. The lowest BCUT2D eigenvalue weighted by Gasteiger charge is -2.05. The minimum Gasteiger partial charge on any atom is -0.302 e. The predicted octanol–water partition coefficient (Wildman–Crippen LogP) is 3.99. The van der Waals surface area contributed by atoms with E-state index >= 15 is 0 Å². The van der Waals surface area contributed by atoms with E-state index in [2.05, 4.69) is 10.3 Å². The van der Waals surface area contributed by atoms with Crippen molar-refractivity contribution in [2.45, 2.75) is 25.2 Å². The van der Waals surface area contributed by atoms with Crippen molar-refractivity contribution >= 4 is 34.0 Å². The predicted molar refractivity (Wildman–Crippen MR) is 77.8 cm³/mol. The molecule has 1 amide bonds. The molecule has 1 aliphatic rings. The van der Waals surface area contributed by atoms with E-state index in [9.17, 15) is 9.18 Å². The molecule has 0 bridgehead atoms. The fraction of sp³-hybridized carbons (Fsp3) is 0.286. The Balaban J connectivity index is 1.66. The Bertz CT molecular complexity index is 634. The number of anilines is 1. The lowest BCUT2D eigenvalue weighted by atomic mass is 10.1. The number of aromatic nitrogens is 1. The molecule has 1 N–H and O–H groups in total. The molecule has 0 atom stereocenters. The molecule has 1 fully saturated rings. The Morgan fingerprint density at radius 3 is 3.00 bits per heavy atom. The van der Waals surface area contributed by atoms with Crippen LogP contribution in [0.5, 0.6) is 0 Å². The summed E-state index contributed by atoms with van der Waals surface area (Å²) in [4.78, 5) is 16.3. The molecule has 1 aromatic carbocycles. The van der Waals surface area contributed by atoms with Gasteiger partial charge in [0.25, 0.3) is 0 Å². The molecular formula is C14H12ClFN2OS. The van der Waals surface area contributed by atoms with E-state index < -0.39 is 5.82 Å². The molecule has 0 aliphatic heterocycles. The second kappa shape index (κ2) is 5.50. The van der Waals surface area contributed by atoms with Gasteiger partial charge in [-0.3, -0.25) is 4.79 Å². The van der Waals surface area contributed by atoms with Gasteiger partial charge in [-0.2, -0.15) is 0 Å². The smallest absolute Gasteiger partial charge is 0.230 e. The van der Waals surface area contributed by atoms with Crippen molar-refractivity contribution < 1.29 is 9.18 Å². The fourth-order valence-electron chi connectivity index (χ4n) is 1.94. The van der Waals surface area contributed by atoms with Gasteiger partial charge in [0.15, 0.2) is 5.13 Å². The summed E-state index contributed by atoms with van der Waals surface area (Å²) < 4.78 is 13.6. The van der Waals surface area contributed by atoms with Crippen LogP contribution in [-0.2, 0) is 11.2 Å². The first kappa shape index (κ1) is 13.5. The van der Waals surface area contributed by atoms with Crippen LogP contribution in [0.2, 0.25) is 5.02 Å². The SMILES string of the molecule is O=C(Cc1c(F)cccc1Cl)Nc1nc(C2CC2)cs1. The molecule has 1 aromatic heterocycles. The van der Waals surface area contributed by atoms with E-state index in [-0.39, 0.29) is 22.9 Å². The van der Waals surface area contributed by atoms with Crippen molar-refractivity contribution in [2.75, 3.05) is 5.32 Å². The summed E-state index contributed by atoms with van der Waals surface area (Å²) >= 11 is 7.29. The zero-order valence-electron chi connectivity index (χ0n) is 10.5. The normalized spacial score (nSPS) is 14.3. The summed E-state index contributed by atoms with van der Waals surface area (Å²) in [6.07, 6.45) is 2.24. The molecule has 0 radical (unpaired) electrons. The first-order valence-corrected chi connectivity index (χ1v) is 7.57. The van der Waals surface area contributed by atoms with Gasteiger partial charge in [0.05, 0.1) is 12.1 Å². The van der Waals surface area contributed by atoms with Gasteiger partial charge in [0.2, 0.25) is 5.91 Å². The van der Waals surface area contributed by atoms with Gasteiger partial charge in [-0.15, -0.1) is 11.3 Å². The van der Waals surface area contributed by atoms with Gasteiger partial charge in [-0.05, 0) is 25.0 Å². The van der Waals surface area contributed by atoms with Gasteiger partial charge in [-0.1, -0.05) is 17.7 Å². The molecular weight excluding hydrogens is 299 g/mol. The van der Waals surface area contributed by atoms with Gasteiger partial charge < -0.3 is 5.32 Å². The number of carbonyl (C=O) groups excluding carboxylic acids is 1. The number of hydrogen-bond acceptors (Lipinski definition) is 3. The molecule has 0 spiro atoms. The van der Waals surface area contributed by atoms with E-state index in [0.29, 0.717) is 11.0 Å². The zero-order valence-corrected chi connectivity index (χ0v) is 12.1. The van der Waals surface area contributed by atoms with Crippen molar-refractivity contribution in [3.63, 3.8) is 0 Å². The van der Waals surface area contributed by atoms with Crippen molar-refractivity contribution in [1.82, 2.24) is 4.98 Å². The summed E-state index contributed by atoms with van der Waals surface area (Å²) in [6.45, 7) is 0. The Kier molecular flexibility index (Phi) is 3.72. The number of benzene rings is 1. The number of nitrogens with zero attached hydrogens (tertiary/aromatic N) is 1. The number of carbonyl (C=O) groups is 1. The summed E-state index contributed by atoms with van der Waals surface area (Å²) in [7, 11) is 0. The van der Waals surface area contributed by atoms with E-state index in [1.807, 2.05) is 5.38 Å². The van der Waals surface area contributed by atoms with Crippen LogP contribution < -0.4 is 5.32 Å². The van der Waals surface area contributed by atoms with Crippen molar-refractivity contribution in [3.05, 3.63) is 45.7 Å². The topological polar surface area (TPSA) is 42.0 Å². The third-order valence-electron chi connectivity index (χ3n) is 3.16. The van der Waals surface area contributed by atoms with Gasteiger partial charge in [-0.25, -0.2) is 9.37 Å². The van der Waals surface area contributed by atoms with Gasteiger partial charge in [0.1, 0.15) is 5.82 Å². The average Bonchev–Trinajstić information content (AvgIpc) is 3.15. The van der Waals surface area contributed by atoms with Crippen LogP contribution in [0, 0.1) is 5.82 Å². The van der Waals surface area contributed by atoms with Crippen molar-refractivity contribution in [3.8, 4) is 0 Å². The molecule has 1 heterocycles. The maximum absolute atomic E-state index is 13.6. The van der Waals surface area contributed by atoms with Crippen LogP contribution in [0.1, 0.15) is 30.0 Å². The summed E-state index contributed by atoms with van der Waals surface area (Å²) in [5, 5.41) is 5.47. The number of nitrogens with one attached hydrogen (secondary N) is 1. The summed E-state index contributed by atoms with van der Waals surface area (Å²) in [5.74, 6) is -0.225. The van der Waals surface area contributed by atoms with Crippen LogP contribution in [0.25, 0.3) is 0 Å². The Morgan fingerprint density at radius 1 is 1.50 bits per heavy atom. The van der Waals surface area contributed by atoms with E-state index in [1.54, 1.807) is 6.07 Å². The Labute approximate surface area is 124 Å². The fourth-order valence-corrected chi connectivity index (χ4v) is 2.97. The highest BCUT2D eigenvalue weighted by Crippen LogP contribution is 2.40. The van der Waals surface area contributed by atoms with Crippen LogP contribution in [-0.4, -0.2) is 10.9 Å². The molecule has 1 saturated carbocycles. The molecule has 1 aliphatic carbocycles. The minimum atomic E-state index is -0.467. The zero-order chi connectivity index (χ0) is 14.1. The average molecular weight is 311 g/mol. The van der Waals surface area contributed by atoms with Crippen LogP contribution in [0.15, 0.2) is 23.6 Å². The molecule has 0 saturated heterocycles. The number of amides is 1. The number of halogens is 2. The maximum atomic E-state index is 13.6. The lowest BCUT2D eigenvalue weighted by Crippen LogP contribution is -2.15. The van der Waals surface area contributed by atoms with E-state index in [0.717, 1.165) is 5.69 Å². The molecule has 104 valence electrons. The molecule has 20 heavy (non-hydrogen) atoms. The summed E-state index contributed by atoms with van der Waals surface area (Å²) in [5.41, 5.74) is 1.25. The van der Waals surface area contributed by atoms with Gasteiger partial charge in [0, 0.05) is 21.9 Å². The first-order chi connectivity index (χ1) is 9.63. The highest BCUT2D eigenvalue weighted by Gasteiger charge is 2.26. The Morgan fingerprint density at radius 2 is 2.30 bits per heavy atom. The molecule has 3 rings (SSSR count). The molecule has 2 aromatic rings. The standard InChI is InChI=1S/C14H12ClFN2OS/c15-10-2-1-3-11(16)9(10)6-13(19)18-14-17-12(7-20-14)8-4-5-8/h1-3,7-8H,4-6H2,(H,17,18,19). The maximum Gasteiger partial charge on any atom is 0.230 e. The quantitative estimate of drug-likeness (QED) is 0.927. The summed E-state index contributed by atoms with van der Waals surface area (Å²) in [6, 6.07) is 4.38. The Hall–Kier alpha value is -1.46. The number of thiazole rings is 1. The van der Waals surface area contributed by atoms with Gasteiger partial charge >= 0.3 is 0 Å². The second-order valence-electron chi connectivity index (χ2n) is 4.78. The van der Waals surface area contributed by atoms with Crippen LogP contribution in [0.3, 0.4) is 0 Å². The van der Waals surface area contributed by atoms with Crippen molar-refractivity contribution in [2.24, 2.45) is 0 Å². The molecule has 3 nitrogen and oxygen atoms in total. The largest absolute Gasteiger partial charge is 0.302 e. The highest BCUT2D eigenvalue weighted by atomic mass is 35.5. The van der Waals surface area contributed by atoms with Crippen LogP contribution in [0.4, 0.5) is 9.52 Å². The molecule has 0 unspecified atom stereocenters. The molecule has 6 heteroatoms. The monoisotopic (exact) mass is 310 g/mol. The van der Waals surface area contributed by atoms with E-state index in [4.69, 9.17) is 11.6 Å². The number of hydrogen-bond donors (Lipinski definition) is 1. The third kappa shape index (κ3) is 2.99. The highest BCUT2D eigenvalue weighted by molar-refractivity contribution is 7.13. The first-order valence-electron chi connectivity index (χ1n) is 6.31. The second-order valence-corrected chi connectivity index (χ2v) is 6.04. The third-order valence-corrected chi connectivity index (χ3v) is 4.29. The lowest BCUT2D eigenvalue weighted by molar-refractivity contribution is -0.115. The van der Waals surface area contributed by atoms with Crippen LogP contribution >= 0.6 is 22.9 Å². The van der Waals surface area contributed by atoms with Crippen molar-refractivity contribution in [1.29, 1.82) is 0 Å². The number of rotatable bonds is 4. The van der Waals surface area contributed by atoms with E-state index in [1.165, 1.54) is 36.3 Å².